The third-order valence-electron chi connectivity index (χ3n) is 4.88. The molecule has 0 radical (unpaired) electrons. The number of benzene rings is 1. The van der Waals surface area contributed by atoms with Gasteiger partial charge in [0.15, 0.2) is 12.4 Å². The van der Waals surface area contributed by atoms with Crippen LogP contribution in [0.15, 0.2) is 42.7 Å². The lowest BCUT2D eigenvalue weighted by molar-refractivity contribution is 0.0850. The maximum atomic E-state index is 12.0. The molecule has 0 unspecified atom stereocenters. The maximum absolute atomic E-state index is 12.0. The van der Waals surface area contributed by atoms with Crippen LogP contribution in [0.3, 0.4) is 0 Å². The van der Waals surface area contributed by atoms with Gasteiger partial charge in [0.05, 0.1) is 5.76 Å². The number of unbranched alkanes of at least 4 members (excludes halogenated alkanes) is 8. The summed E-state index contributed by atoms with van der Waals surface area (Å²) in [6, 6.07) is 9.29. The van der Waals surface area contributed by atoms with Gasteiger partial charge in [0, 0.05) is 12.0 Å². The predicted molar refractivity (Wildman–Crippen MR) is 111 cm³/mol. The van der Waals surface area contributed by atoms with Crippen molar-refractivity contribution in [3.8, 4) is 0 Å². The largest absolute Gasteiger partial charge is 0.490 e. The highest BCUT2D eigenvalue weighted by atomic mass is 16.5. The van der Waals surface area contributed by atoms with Crippen molar-refractivity contribution in [2.75, 3.05) is 6.61 Å². The Balaban J connectivity index is 2.02. The van der Waals surface area contributed by atoms with Crippen molar-refractivity contribution in [1.29, 1.82) is 0 Å². The molecule has 146 valence electrons. The van der Waals surface area contributed by atoms with Crippen molar-refractivity contribution in [3.05, 3.63) is 48.2 Å². The normalized spacial score (nSPS) is 11.9. The SMILES string of the molecule is C=C(C[C@H](C)CCCCCCCCCCC)OCC(=O)c1ccccc1. The molecule has 0 saturated carbocycles. The van der Waals surface area contributed by atoms with E-state index in [2.05, 4.69) is 20.4 Å². The molecule has 1 aromatic carbocycles. The summed E-state index contributed by atoms with van der Waals surface area (Å²) in [6.07, 6.45) is 14.3. The summed E-state index contributed by atoms with van der Waals surface area (Å²) in [4.78, 5) is 12.0. The average molecular weight is 359 g/mol. The first-order valence-electron chi connectivity index (χ1n) is 10.5. The Labute approximate surface area is 161 Å². The fourth-order valence-electron chi connectivity index (χ4n) is 3.23. The second-order valence-electron chi connectivity index (χ2n) is 7.54. The molecule has 2 nitrogen and oxygen atoms in total. The zero-order valence-corrected chi connectivity index (χ0v) is 17.0. The Hall–Kier alpha value is -1.57. The number of hydrogen-bond acceptors (Lipinski definition) is 2. The fourth-order valence-corrected chi connectivity index (χ4v) is 3.23. The van der Waals surface area contributed by atoms with Crippen molar-refractivity contribution in [3.63, 3.8) is 0 Å². The second-order valence-corrected chi connectivity index (χ2v) is 7.54. The molecule has 0 aliphatic carbocycles. The molecular formula is C24H38O2. The first-order valence-corrected chi connectivity index (χ1v) is 10.5. The van der Waals surface area contributed by atoms with Crippen molar-refractivity contribution in [1.82, 2.24) is 0 Å². The molecule has 1 atom stereocenters. The molecular weight excluding hydrogens is 320 g/mol. The summed E-state index contributed by atoms with van der Waals surface area (Å²) >= 11 is 0. The van der Waals surface area contributed by atoms with Crippen LogP contribution < -0.4 is 0 Å². The van der Waals surface area contributed by atoms with Gasteiger partial charge in [0.1, 0.15) is 0 Å². The fraction of sp³-hybridized carbons (Fsp3) is 0.625. The average Bonchev–Trinajstić information content (AvgIpc) is 2.65. The van der Waals surface area contributed by atoms with E-state index in [1.54, 1.807) is 0 Å². The zero-order valence-electron chi connectivity index (χ0n) is 17.0. The van der Waals surface area contributed by atoms with Crippen molar-refractivity contribution >= 4 is 5.78 Å². The van der Waals surface area contributed by atoms with Gasteiger partial charge in [-0.05, 0) is 5.92 Å². The molecule has 1 aromatic rings. The summed E-state index contributed by atoms with van der Waals surface area (Å²) in [5, 5.41) is 0. The van der Waals surface area contributed by atoms with Gasteiger partial charge in [-0.3, -0.25) is 4.79 Å². The molecule has 26 heavy (non-hydrogen) atoms. The highest BCUT2D eigenvalue weighted by Gasteiger charge is 2.09. The minimum atomic E-state index is 0.0124. The Morgan fingerprint density at radius 3 is 2.15 bits per heavy atom. The Morgan fingerprint density at radius 2 is 1.54 bits per heavy atom. The van der Waals surface area contributed by atoms with Crippen LogP contribution in [0.5, 0.6) is 0 Å². The van der Waals surface area contributed by atoms with E-state index in [0.717, 1.165) is 12.2 Å². The summed E-state index contributed by atoms with van der Waals surface area (Å²) in [7, 11) is 0. The topological polar surface area (TPSA) is 26.3 Å². The molecule has 0 N–H and O–H groups in total. The summed E-state index contributed by atoms with van der Waals surface area (Å²) in [5.74, 6) is 1.31. The molecule has 0 amide bonds. The molecule has 0 bridgehead atoms. The standard InChI is InChI=1S/C24H38O2/c1-4-5-6-7-8-9-10-11-13-16-21(2)19-22(3)26-20-24(25)23-17-14-12-15-18-23/h12,14-15,17-18,21H,3-11,13,16,19-20H2,1-2H3/t21-/m1/s1. The zero-order chi connectivity index (χ0) is 19.0. The van der Waals surface area contributed by atoms with Crippen LogP contribution in [0, 0.1) is 5.92 Å². The molecule has 0 aliphatic rings. The molecule has 0 saturated heterocycles. The van der Waals surface area contributed by atoms with E-state index in [1.807, 2.05) is 30.3 Å². The van der Waals surface area contributed by atoms with Crippen LogP contribution in [0.1, 0.15) is 94.8 Å². The Kier molecular flexibility index (Phi) is 12.6. The van der Waals surface area contributed by atoms with Crippen LogP contribution in [0.2, 0.25) is 0 Å². The van der Waals surface area contributed by atoms with Gasteiger partial charge in [-0.15, -0.1) is 0 Å². The van der Waals surface area contributed by atoms with E-state index in [1.165, 1.54) is 64.2 Å². The van der Waals surface area contributed by atoms with Crippen LogP contribution in [0.4, 0.5) is 0 Å². The highest BCUT2D eigenvalue weighted by molar-refractivity contribution is 5.97. The summed E-state index contributed by atoms with van der Waals surface area (Å²) in [6.45, 7) is 8.58. The van der Waals surface area contributed by atoms with E-state index in [9.17, 15) is 4.79 Å². The van der Waals surface area contributed by atoms with Gasteiger partial charge in [0.25, 0.3) is 0 Å². The van der Waals surface area contributed by atoms with Gasteiger partial charge < -0.3 is 4.74 Å². The lowest BCUT2D eigenvalue weighted by Crippen LogP contribution is -2.09. The summed E-state index contributed by atoms with van der Waals surface area (Å²) in [5.41, 5.74) is 0.697. The van der Waals surface area contributed by atoms with E-state index in [-0.39, 0.29) is 12.4 Å². The minimum Gasteiger partial charge on any atom is -0.490 e. The molecule has 0 aliphatic heterocycles. The monoisotopic (exact) mass is 358 g/mol. The van der Waals surface area contributed by atoms with Gasteiger partial charge >= 0.3 is 0 Å². The third kappa shape index (κ3) is 11.1. The van der Waals surface area contributed by atoms with E-state index >= 15 is 0 Å². The van der Waals surface area contributed by atoms with Crippen LogP contribution in [-0.2, 0) is 4.74 Å². The quantitative estimate of drug-likeness (QED) is 0.175. The highest BCUT2D eigenvalue weighted by Crippen LogP contribution is 2.19. The van der Waals surface area contributed by atoms with E-state index in [4.69, 9.17) is 4.74 Å². The number of Topliss-reactive ketones (excluding diaryl/α,β-unsaturated/α-hetero) is 1. The molecule has 0 spiro atoms. The van der Waals surface area contributed by atoms with Gasteiger partial charge in [-0.2, -0.15) is 0 Å². The lowest BCUT2D eigenvalue weighted by atomic mass is 9.98. The number of ketones is 1. The molecule has 2 heteroatoms. The van der Waals surface area contributed by atoms with Crippen molar-refractivity contribution in [2.45, 2.75) is 84.5 Å². The van der Waals surface area contributed by atoms with Gasteiger partial charge in [-0.25, -0.2) is 0 Å². The smallest absolute Gasteiger partial charge is 0.200 e. The lowest BCUT2D eigenvalue weighted by Gasteiger charge is -2.14. The van der Waals surface area contributed by atoms with Crippen molar-refractivity contribution in [2.24, 2.45) is 5.92 Å². The first kappa shape index (κ1) is 22.5. The van der Waals surface area contributed by atoms with Crippen LogP contribution in [-0.4, -0.2) is 12.4 Å². The number of ether oxygens (including phenoxy) is 1. The Bertz CT molecular complexity index is 492. The third-order valence-corrected chi connectivity index (χ3v) is 4.88. The molecule has 0 aromatic heterocycles. The van der Waals surface area contributed by atoms with Crippen LogP contribution >= 0.6 is 0 Å². The molecule has 1 rings (SSSR count). The predicted octanol–water partition coefficient (Wildman–Crippen LogP) is 7.35. The Morgan fingerprint density at radius 1 is 0.962 bits per heavy atom. The van der Waals surface area contributed by atoms with Gasteiger partial charge in [0.2, 0.25) is 0 Å². The number of carbonyl (C=O) groups is 1. The molecule has 0 heterocycles. The van der Waals surface area contributed by atoms with E-state index < -0.39 is 0 Å². The second kappa shape index (κ2) is 14.6. The van der Waals surface area contributed by atoms with E-state index in [0.29, 0.717) is 11.5 Å². The van der Waals surface area contributed by atoms with Gasteiger partial charge in [-0.1, -0.05) is 115 Å². The van der Waals surface area contributed by atoms with Crippen LogP contribution in [0.25, 0.3) is 0 Å². The maximum Gasteiger partial charge on any atom is 0.200 e. The molecule has 0 fully saturated rings. The number of rotatable bonds is 16. The number of hydrogen-bond donors (Lipinski definition) is 0. The number of allylic oxidation sites excluding steroid dienone is 1. The number of carbonyl (C=O) groups excluding carboxylic acids is 1. The summed E-state index contributed by atoms with van der Waals surface area (Å²) < 4.78 is 5.58. The first-order chi connectivity index (χ1) is 12.6. The minimum absolute atomic E-state index is 0.0124. The van der Waals surface area contributed by atoms with Crippen molar-refractivity contribution < 1.29 is 9.53 Å².